The third-order valence-corrected chi connectivity index (χ3v) is 7.12. The number of hydrogen-bond acceptors (Lipinski definition) is 7. The van der Waals surface area contributed by atoms with Crippen LogP contribution in [-0.2, 0) is 0 Å². The molecule has 0 radical (unpaired) electrons. The summed E-state index contributed by atoms with van der Waals surface area (Å²) < 4.78 is 16.6. The van der Waals surface area contributed by atoms with Gasteiger partial charge in [-0.2, -0.15) is 4.98 Å². The fraction of sp³-hybridized carbons (Fsp3) is 0.625. The summed E-state index contributed by atoms with van der Waals surface area (Å²) in [6.07, 6.45) is 11.8. The number of nitrogens with zero attached hydrogens (tertiary/aromatic N) is 4. The van der Waals surface area contributed by atoms with Gasteiger partial charge >= 0.3 is 0 Å². The standard InChI is InChI=1S/C24H33FN6O2/c1-14-2-11-19(25)20(12-14)28-24-29-21-13-26-23(27-15-3-7-17(32)8-4-15)30-22(21)31(24)16-5-9-18(33)10-6-16/h11-18,32-33H,2-10H2,1H3,(H,28,29)(H,26,27,30). The predicted molar refractivity (Wildman–Crippen MR) is 125 cm³/mol. The van der Waals surface area contributed by atoms with Crippen LogP contribution in [0.25, 0.3) is 11.2 Å². The van der Waals surface area contributed by atoms with Crippen molar-refractivity contribution >= 4 is 23.1 Å². The molecule has 4 N–H and O–H groups in total. The van der Waals surface area contributed by atoms with Crippen LogP contribution in [0.2, 0.25) is 0 Å². The number of rotatable bonds is 5. The Morgan fingerprint density at radius 2 is 1.70 bits per heavy atom. The monoisotopic (exact) mass is 456 g/mol. The van der Waals surface area contributed by atoms with Crippen molar-refractivity contribution in [2.24, 2.45) is 5.92 Å². The molecule has 0 amide bonds. The number of allylic oxidation sites excluding steroid dienone is 3. The van der Waals surface area contributed by atoms with Crippen molar-refractivity contribution in [1.82, 2.24) is 19.5 Å². The fourth-order valence-electron chi connectivity index (χ4n) is 5.17. The predicted octanol–water partition coefficient (Wildman–Crippen LogP) is 4.21. The zero-order valence-corrected chi connectivity index (χ0v) is 19.0. The zero-order chi connectivity index (χ0) is 22.9. The molecule has 2 aromatic heterocycles. The van der Waals surface area contributed by atoms with Crippen LogP contribution >= 0.6 is 0 Å². The first-order valence-corrected chi connectivity index (χ1v) is 12.2. The van der Waals surface area contributed by atoms with Gasteiger partial charge in [0.05, 0.1) is 24.1 Å². The third kappa shape index (κ3) is 4.89. The smallest absolute Gasteiger partial charge is 0.224 e. The lowest BCUT2D eigenvalue weighted by atomic mass is 9.93. The molecular weight excluding hydrogens is 423 g/mol. The number of aromatic nitrogens is 4. The van der Waals surface area contributed by atoms with E-state index in [1.54, 1.807) is 12.3 Å². The first-order chi connectivity index (χ1) is 16.0. The molecule has 8 nitrogen and oxygen atoms in total. The Labute approximate surface area is 193 Å². The summed E-state index contributed by atoms with van der Waals surface area (Å²) in [7, 11) is 0. The van der Waals surface area contributed by atoms with Crippen molar-refractivity contribution in [3.05, 3.63) is 29.9 Å². The lowest BCUT2D eigenvalue weighted by Gasteiger charge is -2.28. The topological polar surface area (TPSA) is 108 Å². The van der Waals surface area contributed by atoms with Crippen LogP contribution < -0.4 is 10.6 Å². The molecule has 0 spiro atoms. The molecule has 5 rings (SSSR count). The maximum absolute atomic E-state index is 14.5. The van der Waals surface area contributed by atoms with E-state index in [0.29, 0.717) is 35.2 Å². The first-order valence-electron chi connectivity index (χ1n) is 12.2. The molecule has 0 aromatic carbocycles. The largest absolute Gasteiger partial charge is 0.393 e. The van der Waals surface area contributed by atoms with E-state index in [0.717, 1.165) is 51.4 Å². The van der Waals surface area contributed by atoms with Crippen LogP contribution in [0.3, 0.4) is 0 Å². The Balaban J connectivity index is 1.48. The highest BCUT2D eigenvalue weighted by atomic mass is 19.1. The minimum atomic E-state index is -0.275. The van der Waals surface area contributed by atoms with Gasteiger partial charge in [0.1, 0.15) is 11.3 Å². The highest BCUT2D eigenvalue weighted by Gasteiger charge is 2.27. The number of hydrogen-bond donors (Lipinski definition) is 4. The van der Waals surface area contributed by atoms with Gasteiger partial charge < -0.3 is 20.8 Å². The highest BCUT2D eigenvalue weighted by molar-refractivity contribution is 5.76. The number of aliphatic hydroxyl groups excluding tert-OH is 2. The van der Waals surface area contributed by atoms with Crippen molar-refractivity contribution in [2.75, 3.05) is 10.6 Å². The van der Waals surface area contributed by atoms with Gasteiger partial charge in [0.25, 0.3) is 0 Å². The van der Waals surface area contributed by atoms with Crippen molar-refractivity contribution in [2.45, 2.75) is 89.0 Å². The SMILES string of the molecule is CC1C=C(Nc2nc3cnc(NC4CCC(O)CC4)nc3n2C2CCC(O)CC2)C(F)=CC1. The quantitative estimate of drug-likeness (QED) is 0.534. The molecule has 3 aliphatic rings. The second-order valence-electron chi connectivity index (χ2n) is 9.79. The maximum Gasteiger partial charge on any atom is 0.224 e. The molecule has 178 valence electrons. The van der Waals surface area contributed by atoms with Gasteiger partial charge in [-0.15, -0.1) is 0 Å². The van der Waals surface area contributed by atoms with Crippen molar-refractivity contribution in [3.63, 3.8) is 0 Å². The first kappa shape index (κ1) is 22.3. The summed E-state index contributed by atoms with van der Waals surface area (Å²) in [4.78, 5) is 14.0. The van der Waals surface area contributed by atoms with E-state index in [1.807, 2.05) is 6.08 Å². The number of fused-ring (bicyclic) bond motifs is 1. The zero-order valence-electron chi connectivity index (χ0n) is 19.0. The van der Waals surface area contributed by atoms with Crippen LogP contribution in [0.15, 0.2) is 29.9 Å². The second-order valence-corrected chi connectivity index (χ2v) is 9.79. The summed E-state index contributed by atoms with van der Waals surface area (Å²) >= 11 is 0. The molecule has 0 aliphatic heterocycles. The molecule has 2 heterocycles. The van der Waals surface area contributed by atoms with Crippen molar-refractivity contribution < 1.29 is 14.6 Å². The van der Waals surface area contributed by atoms with Gasteiger partial charge in [-0.1, -0.05) is 13.0 Å². The fourth-order valence-corrected chi connectivity index (χ4v) is 5.17. The lowest BCUT2D eigenvalue weighted by molar-refractivity contribution is 0.112. The van der Waals surface area contributed by atoms with E-state index >= 15 is 0 Å². The minimum Gasteiger partial charge on any atom is -0.393 e. The van der Waals surface area contributed by atoms with Crippen LogP contribution in [-0.4, -0.2) is 48.0 Å². The molecule has 0 saturated heterocycles. The molecule has 33 heavy (non-hydrogen) atoms. The molecule has 2 aromatic rings. The molecule has 2 saturated carbocycles. The Bertz CT molecular complexity index is 1050. The molecular formula is C24H33FN6O2. The second kappa shape index (κ2) is 9.38. The van der Waals surface area contributed by atoms with Gasteiger partial charge in [0, 0.05) is 12.1 Å². The van der Waals surface area contributed by atoms with Crippen molar-refractivity contribution in [3.8, 4) is 0 Å². The molecule has 9 heteroatoms. The van der Waals surface area contributed by atoms with E-state index < -0.39 is 0 Å². The highest BCUT2D eigenvalue weighted by Crippen LogP contribution is 2.35. The minimum absolute atomic E-state index is 0.113. The molecule has 0 bridgehead atoms. The van der Waals surface area contributed by atoms with E-state index in [-0.39, 0.29) is 36.0 Å². The van der Waals surface area contributed by atoms with Crippen LogP contribution in [0.4, 0.5) is 16.3 Å². The van der Waals surface area contributed by atoms with Crippen LogP contribution in [0.5, 0.6) is 0 Å². The summed E-state index contributed by atoms with van der Waals surface area (Å²) in [5, 5.41) is 26.4. The molecule has 1 unspecified atom stereocenters. The summed E-state index contributed by atoms with van der Waals surface area (Å²) in [5.41, 5.74) is 1.80. The number of halogens is 1. The molecule has 1 atom stereocenters. The lowest BCUT2D eigenvalue weighted by Crippen LogP contribution is -2.29. The maximum atomic E-state index is 14.5. The van der Waals surface area contributed by atoms with Gasteiger partial charge in [-0.3, -0.25) is 4.57 Å². The Morgan fingerprint density at radius 3 is 2.42 bits per heavy atom. The van der Waals surface area contributed by atoms with E-state index in [2.05, 4.69) is 27.1 Å². The molecule has 2 fully saturated rings. The van der Waals surface area contributed by atoms with Crippen LogP contribution in [0.1, 0.15) is 70.8 Å². The van der Waals surface area contributed by atoms with E-state index in [9.17, 15) is 14.6 Å². The number of aliphatic hydroxyl groups is 2. The summed E-state index contributed by atoms with van der Waals surface area (Å²) in [5.74, 6) is 1.09. The molecule has 3 aliphatic carbocycles. The van der Waals surface area contributed by atoms with E-state index in [1.165, 1.54) is 0 Å². The summed E-state index contributed by atoms with van der Waals surface area (Å²) in [6, 6.07) is 0.347. The van der Waals surface area contributed by atoms with Gasteiger partial charge in [-0.25, -0.2) is 14.4 Å². The van der Waals surface area contributed by atoms with Gasteiger partial charge in [0.15, 0.2) is 5.65 Å². The van der Waals surface area contributed by atoms with Crippen molar-refractivity contribution in [1.29, 1.82) is 0 Å². The third-order valence-electron chi connectivity index (χ3n) is 7.12. The van der Waals surface area contributed by atoms with E-state index in [4.69, 9.17) is 9.97 Å². The number of anilines is 2. The normalized spacial score (nSPS) is 30.6. The Hall–Kier alpha value is -2.52. The van der Waals surface area contributed by atoms with Gasteiger partial charge in [0.2, 0.25) is 11.9 Å². The summed E-state index contributed by atoms with van der Waals surface area (Å²) in [6.45, 7) is 2.06. The Morgan fingerprint density at radius 1 is 1.00 bits per heavy atom. The Kier molecular flexibility index (Phi) is 6.34. The average molecular weight is 457 g/mol. The average Bonchev–Trinajstić information content (AvgIpc) is 3.15. The number of imidazole rings is 1. The van der Waals surface area contributed by atoms with Gasteiger partial charge in [-0.05, 0) is 69.8 Å². The number of nitrogens with one attached hydrogen (secondary N) is 2. The van der Waals surface area contributed by atoms with Crippen LogP contribution in [0, 0.1) is 5.92 Å².